The van der Waals surface area contributed by atoms with Crippen molar-refractivity contribution in [2.45, 2.75) is 17.7 Å². The number of carbonyl (C=O) groups is 2. The molecule has 9 heteroatoms. The molecule has 0 aromatic heterocycles. The average Bonchev–Trinajstić information content (AvgIpc) is 2.94. The molecular formula is C19H22FN3O4S. The van der Waals surface area contributed by atoms with Gasteiger partial charge >= 0.3 is 0 Å². The first-order valence-corrected chi connectivity index (χ1v) is 10.8. The minimum absolute atomic E-state index is 0.0672. The molecule has 0 spiro atoms. The number of rotatable bonds is 4. The van der Waals surface area contributed by atoms with Crippen LogP contribution in [0.5, 0.6) is 0 Å². The summed E-state index contributed by atoms with van der Waals surface area (Å²) in [4.78, 5) is 28.3. The van der Waals surface area contributed by atoms with Crippen LogP contribution in [0.1, 0.15) is 12.8 Å². The van der Waals surface area contributed by atoms with E-state index in [9.17, 15) is 22.4 Å². The Morgan fingerprint density at radius 3 is 2.14 bits per heavy atom. The lowest BCUT2D eigenvalue weighted by molar-refractivity contribution is -0.142. The number of halogens is 1. The van der Waals surface area contributed by atoms with Crippen LogP contribution in [0.4, 0.5) is 4.39 Å². The van der Waals surface area contributed by atoms with E-state index in [1.165, 1.54) is 27.4 Å². The first kappa shape index (κ1) is 19.2. The topological polar surface area (TPSA) is 78.0 Å². The second-order valence-electron chi connectivity index (χ2n) is 7.38. The van der Waals surface area contributed by atoms with Crippen LogP contribution in [0, 0.1) is 17.7 Å². The van der Waals surface area contributed by atoms with E-state index in [4.69, 9.17) is 0 Å². The maximum Gasteiger partial charge on any atom is 0.243 e. The third-order valence-corrected chi connectivity index (χ3v) is 7.60. The van der Waals surface area contributed by atoms with Crippen LogP contribution in [-0.2, 0) is 19.6 Å². The highest BCUT2D eigenvalue weighted by molar-refractivity contribution is 7.89. The smallest absolute Gasteiger partial charge is 0.243 e. The van der Waals surface area contributed by atoms with Crippen LogP contribution in [0.15, 0.2) is 41.3 Å². The number of likely N-dealkylation sites (tertiary alicyclic amines) is 1. The number of amides is 2. The van der Waals surface area contributed by atoms with Gasteiger partial charge in [-0.3, -0.25) is 19.4 Å². The first-order chi connectivity index (χ1) is 13.4. The number of allylic oxidation sites excluding steroid dienone is 2. The van der Waals surface area contributed by atoms with Crippen molar-refractivity contribution in [1.29, 1.82) is 0 Å². The number of nitrogens with zero attached hydrogens (tertiary/aromatic N) is 3. The minimum atomic E-state index is -3.76. The lowest BCUT2D eigenvalue weighted by atomic mass is 9.85. The van der Waals surface area contributed by atoms with E-state index in [1.807, 2.05) is 17.1 Å². The third-order valence-electron chi connectivity index (χ3n) is 5.71. The van der Waals surface area contributed by atoms with Crippen molar-refractivity contribution in [3.05, 3.63) is 42.2 Å². The van der Waals surface area contributed by atoms with Gasteiger partial charge in [-0.1, -0.05) is 18.2 Å². The number of piperazine rings is 1. The molecule has 1 aliphatic carbocycles. The fraction of sp³-hybridized carbons (Fsp3) is 0.474. The second kappa shape index (κ2) is 7.38. The van der Waals surface area contributed by atoms with Crippen LogP contribution in [0.2, 0.25) is 0 Å². The molecular weight excluding hydrogens is 385 g/mol. The van der Waals surface area contributed by atoms with Crippen molar-refractivity contribution in [3.8, 4) is 0 Å². The zero-order valence-electron chi connectivity index (χ0n) is 15.3. The standard InChI is InChI=1S/C19H22FN3O4S/c20-14-4-3-5-15(12-14)28(26,27)22-10-8-21(9-11-22)13-23-18(24)16-6-1-2-7-17(16)19(23)25/h1-5,12,16-17H,6-11,13H2/t16-,17-/m0/s1. The normalized spacial score (nSPS) is 26.7. The van der Waals surface area contributed by atoms with Gasteiger partial charge in [-0.25, -0.2) is 12.8 Å². The van der Waals surface area contributed by atoms with Crippen LogP contribution in [0.25, 0.3) is 0 Å². The molecule has 2 fully saturated rings. The van der Waals surface area contributed by atoms with Gasteiger partial charge in [0.2, 0.25) is 21.8 Å². The molecule has 2 saturated heterocycles. The maximum atomic E-state index is 13.4. The number of hydrogen-bond acceptors (Lipinski definition) is 5. The number of carbonyl (C=O) groups excluding carboxylic acids is 2. The minimum Gasteiger partial charge on any atom is -0.283 e. The Morgan fingerprint density at radius 2 is 1.57 bits per heavy atom. The molecule has 0 bridgehead atoms. The molecule has 3 aliphatic rings. The number of hydrogen-bond donors (Lipinski definition) is 0. The van der Waals surface area contributed by atoms with Gasteiger partial charge in [0.05, 0.1) is 23.4 Å². The molecule has 150 valence electrons. The summed E-state index contributed by atoms with van der Waals surface area (Å²) in [5.74, 6) is -1.37. The van der Waals surface area contributed by atoms with Crippen LogP contribution in [-0.4, -0.2) is 67.2 Å². The number of benzene rings is 1. The van der Waals surface area contributed by atoms with Gasteiger partial charge in [0.25, 0.3) is 0 Å². The van der Waals surface area contributed by atoms with Crippen LogP contribution in [0.3, 0.4) is 0 Å². The zero-order chi connectivity index (χ0) is 19.9. The summed E-state index contributed by atoms with van der Waals surface area (Å²) in [5, 5.41) is 0. The summed E-state index contributed by atoms with van der Waals surface area (Å²) in [7, 11) is -3.76. The van der Waals surface area contributed by atoms with Crippen molar-refractivity contribution in [3.63, 3.8) is 0 Å². The Labute approximate surface area is 163 Å². The quantitative estimate of drug-likeness (QED) is 0.551. The fourth-order valence-corrected chi connectivity index (χ4v) is 5.55. The van der Waals surface area contributed by atoms with Gasteiger partial charge in [0, 0.05) is 26.2 Å². The van der Waals surface area contributed by atoms with Crippen molar-refractivity contribution in [2.75, 3.05) is 32.8 Å². The molecule has 0 saturated carbocycles. The monoisotopic (exact) mass is 407 g/mol. The van der Waals surface area contributed by atoms with Gasteiger partial charge in [-0.15, -0.1) is 0 Å². The lowest BCUT2D eigenvalue weighted by Crippen LogP contribution is -2.52. The van der Waals surface area contributed by atoms with Crippen molar-refractivity contribution in [1.82, 2.24) is 14.1 Å². The first-order valence-electron chi connectivity index (χ1n) is 9.36. The second-order valence-corrected chi connectivity index (χ2v) is 9.32. The number of fused-ring (bicyclic) bond motifs is 1. The fourth-order valence-electron chi connectivity index (χ4n) is 4.10. The van der Waals surface area contributed by atoms with Gasteiger partial charge in [-0.2, -0.15) is 4.31 Å². The predicted molar refractivity (Wildman–Crippen MR) is 98.8 cm³/mol. The Hall–Kier alpha value is -2.10. The maximum absolute atomic E-state index is 13.4. The third kappa shape index (κ3) is 3.38. The summed E-state index contributed by atoms with van der Waals surface area (Å²) in [6.45, 7) is 1.45. The highest BCUT2D eigenvalue weighted by Gasteiger charge is 2.47. The molecule has 7 nitrogen and oxygen atoms in total. The van der Waals surface area contributed by atoms with E-state index in [0.717, 1.165) is 6.07 Å². The Bertz CT molecular complexity index is 899. The van der Waals surface area contributed by atoms with E-state index in [2.05, 4.69) is 0 Å². The molecule has 2 atom stereocenters. The predicted octanol–water partition coefficient (Wildman–Crippen LogP) is 1.04. The summed E-state index contributed by atoms with van der Waals surface area (Å²) < 4.78 is 40.1. The SMILES string of the molecule is O=C1[C@H]2CC=CC[C@@H]2C(=O)N1CN1CCN(S(=O)(=O)c2cccc(F)c2)CC1. The van der Waals surface area contributed by atoms with E-state index >= 15 is 0 Å². The highest BCUT2D eigenvalue weighted by Crippen LogP contribution is 2.35. The molecule has 1 aromatic carbocycles. The Kier molecular flexibility index (Phi) is 5.07. The highest BCUT2D eigenvalue weighted by atomic mass is 32.2. The van der Waals surface area contributed by atoms with Crippen molar-refractivity contribution in [2.24, 2.45) is 11.8 Å². The number of imide groups is 1. The molecule has 2 heterocycles. The summed E-state index contributed by atoms with van der Waals surface area (Å²) in [6, 6.07) is 4.96. The van der Waals surface area contributed by atoms with Gasteiger partial charge in [-0.05, 0) is 31.0 Å². The Morgan fingerprint density at radius 1 is 0.964 bits per heavy atom. The molecule has 0 N–H and O–H groups in total. The molecule has 4 rings (SSSR count). The largest absolute Gasteiger partial charge is 0.283 e. The van der Waals surface area contributed by atoms with Gasteiger partial charge < -0.3 is 0 Å². The summed E-state index contributed by atoms with van der Waals surface area (Å²) in [5.41, 5.74) is 0. The Balaban J connectivity index is 1.38. The molecule has 2 aliphatic heterocycles. The van der Waals surface area contributed by atoms with Crippen molar-refractivity contribution >= 4 is 21.8 Å². The van der Waals surface area contributed by atoms with E-state index < -0.39 is 15.8 Å². The van der Waals surface area contributed by atoms with E-state index in [1.54, 1.807) is 0 Å². The average molecular weight is 407 g/mol. The molecule has 1 aromatic rings. The summed E-state index contributed by atoms with van der Waals surface area (Å²) in [6.07, 6.45) is 5.11. The van der Waals surface area contributed by atoms with Gasteiger partial charge in [0.15, 0.2) is 0 Å². The number of sulfonamides is 1. The van der Waals surface area contributed by atoms with Crippen LogP contribution >= 0.6 is 0 Å². The van der Waals surface area contributed by atoms with Gasteiger partial charge in [0.1, 0.15) is 5.82 Å². The molecule has 0 radical (unpaired) electrons. The van der Waals surface area contributed by atoms with E-state index in [-0.39, 0.29) is 48.3 Å². The zero-order valence-corrected chi connectivity index (χ0v) is 16.1. The lowest BCUT2D eigenvalue weighted by Gasteiger charge is -2.35. The van der Waals surface area contributed by atoms with E-state index in [0.29, 0.717) is 25.9 Å². The molecule has 0 unspecified atom stereocenters. The summed E-state index contributed by atoms with van der Waals surface area (Å²) >= 11 is 0. The van der Waals surface area contributed by atoms with Crippen molar-refractivity contribution < 1.29 is 22.4 Å². The molecule has 28 heavy (non-hydrogen) atoms. The van der Waals surface area contributed by atoms with Crippen LogP contribution < -0.4 is 0 Å². The molecule has 2 amide bonds.